The molecule has 1 aromatic rings. The number of hydrogen-bond donors (Lipinski definition) is 0. The SMILES string of the molecule is O=[N+]([O-])c1cccc(Cl)c1OCC(F)(F)F. The molecule has 1 rings (SSSR count). The fraction of sp³-hybridized carbons (Fsp3) is 0.250. The van der Waals surface area contributed by atoms with Crippen molar-refractivity contribution in [2.24, 2.45) is 0 Å². The molecule has 0 spiro atoms. The molecule has 0 saturated heterocycles. The van der Waals surface area contributed by atoms with Gasteiger partial charge in [0.15, 0.2) is 6.61 Å². The highest BCUT2D eigenvalue weighted by Gasteiger charge is 2.30. The molecule has 0 aliphatic heterocycles. The van der Waals surface area contributed by atoms with Gasteiger partial charge in [0.1, 0.15) is 0 Å². The molecular weight excluding hydrogens is 251 g/mol. The van der Waals surface area contributed by atoms with E-state index in [1.165, 1.54) is 12.1 Å². The van der Waals surface area contributed by atoms with Gasteiger partial charge in [-0.2, -0.15) is 13.2 Å². The lowest BCUT2D eigenvalue weighted by Gasteiger charge is -2.10. The van der Waals surface area contributed by atoms with Crippen LogP contribution in [0.15, 0.2) is 18.2 Å². The van der Waals surface area contributed by atoms with Gasteiger partial charge < -0.3 is 4.74 Å². The molecule has 0 aromatic heterocycles. The summed E-state index contributed by atoms with van der Waals surface area (Å²) >= 11 is 5.51. The summed E-state index contributed by atoms with van der Waals surface area (Å²) < 4.78 is 39.9. The van der Waals surface area contributed by atoms with E-state index < -0.39 is 29.1 Å². The number of rotatable bonds is 3. The van der Waals surface area contributed by atoms with Crippen molar-refractivity contribution in [2.75, 3.05) is 6.61 Å². The van der Waals surface area contributed by atoms with Gasteiger partial charge >= 0.3 is 11.9 Å². The van der Waals surface area contributed by atoms with E-state index in [-0.39, 0.29) is 5.02 Å². The Morgan fingerprint density at radius 2 is 2.06 bits per heavy atom. The summed E-state index contributed by atoms with van der Waals surface area (Å²) in [5, 5.41) is 10.2. The molecule has 8 heteroatoms. The maximum atomic E-state index is 11.9. The van der Waals surface area contributed by atoms with Gasteiger partial charge in [0.25, 0.3) is 0 Å². The topological polar surface area (TPSA) is 52.4 Å². The molecule has 16 heavy (non-hydrogen) atoms. The summed E-state index contributed by atoms with van der Waals surface area (Å²) in [4.78, 5) is 9.62. The van der Waals surface area contributed by atoms with E-state index in [2.05, 4.69) is 4.74 Å². The molecule has 0 radical (unpaired) electrons. The molecule has 0 unspecified atom stereocenters. The Kier molecular flexibility index (Phi) is 3.58. The summed E-state index contributed by atoms with van der Waals surface area (Å²) in [6.07, 6.45) is -4.58. The van der Waals surface area contributed by atoms with Crippen molar-refractivity contribution >= 4 is 17.3 Å². The second-order valence-electron chi connectivity index (χ2n) is 2.75. The second-order valence-corrected chi connectivity index (χ2v) is 3.16. The predicted molar refractivity (Wildman–Crippen MR) is 49.7 cm³/mol. The van der Waals surface area contributed by atoms with Crippen LogP contribution >= 0.6 is 11.6 Å². The molecule has 0 N–H and O–H groups in total. The Hall–Kier alpha value is -1.50. The molecule has 0 fully saturated rings. The monoisotopic (exact) mass is 255 g/mol. The van der Waals surface area contributed by atoms with Crippen LogP contribution in [0.2, 0.25) is 5.02 Å². The average Bonchev–Trinajstić information content (AvgIpc) is 2.13. The van der Waals surface area contributed by atoms with Crippen LogP contribution in [0.25, 0.3) is 0 Å². The predicted octanol–water partition coefficient (Wildman–Crippen LogP) is 3.19. The first-order chi connectivity index (χ1) is 7.31. The molecule has 0 saturated carbocycles. The number of nitro groups is 1. The van der Waals surface area contributed by atoms with Crippen molar-refractivity contribution < 1.29 is 22.8 Å². The molecule has 0 aliphatic rings. The highest BCUT2D eigenvalue weighted by atomic mass is 35.5. The van der Waals surface area contributed by atoms with Gasteiger partial charge in [-0.15, -0.1) is 0 Å². The highest BCUT2D eigenvalue weighted by molar-refractivity contribution is 6.32. The lowest BCUT2D eigenvalue weighted by molar-refractivity contribution is -0.386. The average molecular weight is 256 g/mol. The minimum absolute atomic E-state index is 0.238. The molecule has 1 aromatic carbocycles. The first-order valence-corrected chi connectivity index (χ1v) is 4.31. The standard InChI is InChI=1S/C8H5ClF3NO3/c9-5-2-1-3-6(13(14)15)7(5)16-4-8(10,11)12/h1-3H,4H2. The second kappa shape index (κ2) is 4.56. The first-order valence-electron chi connectivity index (χ1n) is 3.94. The maximum absolute atomic E-state index is 11.9. The molecule has 88 valence electrons. The third kappa shape index (κ3) is 3.27. The van der Waals surface area contributed by atoms with Gasteiger partial charge in [0, 0.05) is 6.07 Å². The molecule has 0 amide bonds. The summed E-state index contributed by atoms with van der Waals surface area (Å²) in [6.45, 7) is -1.63. The number of hydrogen-bond acceptors (Lipinski definition) is 3. The van der Waals surface area contributed by atoms with Crippen molar-refractivity contribution in [3.8, 4) is 5.75 Å². The van der Waals surface area contributed by atoms with Gasteiger partial charge in [-0.1, -0.05) is 17.7 Å². The van der Waals surface area contributed by atoms with E-state index in [9.17, 15) is 23.3 Å². The van der Waals surface area contributed by atoms with E-state index in [4.69, 9.17) is 11.6 Å². The zero-order valence-corrected chi connectivity index (χ0v) is 8.38. The van der Waals surface area contributed by atoms with Gasteiger partial charge in [-0.05, 0) is 6.07 Å². The number of halogens is 4. The third-order valence-electron chi connectivity index (χ3n) is 1.52. The smallest absolute Gasteiger partial charge is 0.422 e. The van der Waals surface area contributed by atoms with Crippen LogP contribution in [0.4, 0.5) is 18.9 Å². The number of para-hydroxylation sites is 1. The normalized spacial score (nSPS) is 11.2. The molecule has 0 atom stereocenters. The van der Waals surface area contributed by atoms with Crippen molar-refractivity contribution in [1.29, 1.82) is 0 Å². The Morgan fingerprint density at radius 1 is 1.44 bits per heavy atom. The number of ether oxygens (including phenoxy) is 1. The van der Waals surface area contributed by atoms with E-state index in [1.54, 1.807) is 0 Å². The Labute approximate surface area is 92.7 Å². The van der Waals surface area contributed by atoms with E-state index >= 15 is 0 Å². The van der Waals surface area contributed by atoms with Crippen LogP contribution in [0.5, 0.6) is 5.75 Å². The van der Waals surface area contributed by atoms with Crippen LogP contribution < -0.4 is 4.74 Å². The van der Waals surface area contributed by atoms with Crippen LogP contribution in [-0.2, 0) is 0 Å². The van der Waals surface area contributed by atoms with E-state index in [1.807, 2.05) is 0 Å². The van der Waals surface area contributed by atoms with Gasteiger partial charge in [0.2, 0.25) is 5.75 Å². The Morgan fingerprint density at radius 3 is 2.56 bits per heavy atom. The van der Waals surface area contributed by atoms with Crippen LogP contribution in [0.3, 0.4) is 0 Å². The van der Waals surface area contributed by atoms with E-state index in [0.29, 0.717) is 0 Å². The first kappa shape index (κ1) is 12.6. The zero-order valence-electron chi connectivity index (χ0n) is 7.62. The largest absolute Gasteiger partial charge is 0.476 e. The quantitative estimate of drug-likeness (QED) is 0.616. The van der Waals surface area contributed by atoms with Crippen molar-refractivity contribution in [3.63, 3.8) is 0 Å². The summed E-state index contributed by atoms with van der Waals surface area (Å²) in [7, 11) is 0. The number of nitro benzene ring substituents is 1. The van der Waals surface area contributed by atoms with Gasteiger partial charge in [-0.25, -0.2) is 0 Å². The molecular formula is C8H5ClF3NO3. The molecule has 0 bridgehead atoms. The van der Waals surface area contributed by atoms with Gasteiger partial charge in [0.05, 0.1) is 9.95 Å². The summed E-state index contributed by atoms with van der Waals surface area (Å²) in [5.74, 6) is -0.577. The minimum Gasteiger partial charge on any atom is -0.476 e. The van der Waals surface area contributed by atoms with Crippen LogP contribution in [0.1, 0.15) is 0 Å². The maximum Gasteiger partial charge on any atom is 0.422 e. The number of nitrogens with zero attached hydrogens (tertiary/aromatic N) is 1. The van der Waals surface area contributed by atoms with Crippen LogP contribution in [0, 0.1) is 10.1 Å². The Bertz CT molecular complexity index is 408. The molecule has 0 aliphatic carbocycles. The highest BCUT2D eigenvalue weighted by Crippen LogP contribution is 2.35. The fourth-order valence-corrected chi connectivity index (χ4v) is 1.16. The molecule has 4 nitrogen and oxygen atoms in total. The van der Waals surface area contributed by atoms with Crippen molar-refractivity contribution in [2.45, 2.75) is 6.18 Å². The zero-order chi connectivity index (χ0) is 12.3. The fourth-order valence-electron chi connectivity index (χ4n) is 0.938. The number of alkyl halides is 3. The van der Waals surface area contributed by atoms with Crippen molar-refractivity contribution in [3.05, 3.63) is 33.3 Å². The van der Waals surface area contributed by atoms with Crippen LogP contribution in [-0.4, -0.2) is 17.7 Å². The summed E-state index contributed by atoms with van der Waals surface area (Å²) in [6, 6.07) is 3.47. The van der Waals surface area contributed by atoms with Gasteiger partial charge in [-0.3, -0.25) is 10.1 Å². The third-order valence-corrected chi connectivity index (χ3v) is 1.82. The van der Waals surface area contributed by atoms with E-state index in [0.717, 1.165) is 6.07 Å². The summed E-state index contributed by atoms with van der Waals surface area (Å²) in [5.41, 5.74) is -0.600. The Balaban J connectivity index is 2.98. The lowest BCUT2D eigenvalue weighted by Crippen LogP contribution is -2.19. The lowest BCUT2D eigenvalue weighted by atomic mass is 10.3. The number of benzene rings is 1. The van der Waals surface area contributed by atoms with Crippen molar-refractivity contribution in [1.82, 2.24) is 0 Å². The minimum atomic E-state index is -4.58. The molecule has 0 heterocycles.